The summed E-state index contributed by atoms with van der Waals surface area (Å²) in [4.78, 5) is 11.7. The molecule has 1 aromatic heterocycles. The van der Waals surface area contributed by atoms with E-state index < -0.39 is 0 Å². The Balaban J connectivity index is 2.34. The Bertz CT molecular complexity index is 618. The fraction of sp³-hybridized carbons (Fsp3) is 0.357. The van der Waals surface area contributed by atoms with Crippen molar-refractivity contribution in [3.63, 3.8) is 0 Å². The normalized spacial score (nSPS) is 18.8. The molecule has 0 radical (unpaired) electrons. The van der Waals surface area contributed by atoms with Crippen molar-refractivity contribution < 1.29 is 4.79 Å². The summed E-state index contributed by atoms with van der Waals surface area (Å²) in [5.74, 6) is 1.43. The summed E-state index contributed by atoms with van der Waals surface area (Å²) in [5, 5.41) is 1.19. The lowest BCUT2D eigenvalue weighted by molar-refractivity contribution is -0.119. The Labute approximate surface area is 110 Å². The van der Waals surface area contributed by atoms with Crippen molar-refractivity contribution >= 4 is 28.6 Å². The number of benzene rings is 1. The van der Waals surface area contributed by atoms with Gasteiger partial charge in [0.2, 0.25) is 5.91 Å². The quantitative estimate of drug-likeness (QED) is 0.901. The summed E-state index contributed by atoms with van der Waals surface area (Å²) >= 11 is 1.80. The van der Waals surface area contributed by atoms with Gasteiger partial charge < -0.3 is 10.3 Å². The molecule has 2 aromatic rings. The van der Waals surface area contributed by atoms with Gasteiger partial charge in [-0.2, -0.15) is 11.8 Å². The second kappa shape index (κ2) is 4.35. The maximum absolute atomic E-state index is 11.7. The van der Waals surface area contributed by atoms with Crippen LogP contribution in [0.4, 0.5) is 0 Å². The van der Waals surface area contributed by atoms with Crippen molar-refractivity contribution in [2.24, 2.45) is 5.73 Å². The number of rotatable bonds is 2. The van der Waals surface area contributed by atoms with Crippen molar-refractivity contribution in [2.45, 2.75) is 25.1 Å². The molecule has 0 saturated carbocycles. The van der Waals surface area contributed by atoms with Crippen molar-refractivity contribution in [1.29, 1.82) is 0 Å². The first-order valence-electron chi connectivity index (χ1n) is 6.21. The van der Waals surface area contributed by atoms with Gasteiger partial charge in [0.15, 0.2) is 0 Å². The maximum atomic E-state index is 11.7. The van der Waals surface area contributed by atoms with Crippen LogP contribution in [-0.4, -0.2) is 16.2 Å². The highest BCUT2D eigenvalue weighted by molar-refractivity contribution is 7.98. The lowest BCUT2D eigenvalue weighted by atomic mass is 9.97. The predicted octanol–water partition coefficient (Wildman–Crippen LogP) is 2.48. The van der Waals surface area contributed by atoms with E-state index >= 15 is 0 Å². The van der Waals surface area contributed by atoms with Crippen LogP contribution >= 0.6 is 11.8 Å². The van der Waals surface area contributed by atoms with E-state index in [0.29, 0.717) is 0 Å². The van der Waals surface area contributed by atoms with Gasteiger partial charge >= 0.3 is 0 Å². The number of thioether (sulfide) groups is 1. The number of para-hydroxylation sites is 1. The van der Waals surface area contributed by atoms with Gasteiger partial charge in [-0.25, -0.2) is 0 Å². The largest absolute Gasteiger partial charge is 0.369 e. The molecule has 3 nitrogen and oxygen atoms in total. The van der Waals surface area contributed by atoms with Crippen LogP contribution < -0.4 is 5.73 Å². The molecule has 2 heterocycles. The van der Waals surface area contributed by atoms with E-state index in [1.54, 1.807) is 11.8 Å². The maximum Gasteiger partial charge on any atom is 0.225 e. The Morgan fingerprint density at radius 1 is 1.50 bits per heavy atom. The second-order valence-corrected chi connectivity index (χ2v) is 5.62. The Morgan fingerprint density at radius 2 is 2.28 bits per heavy atom. The van der Waals surface area contributed by atoms with E-state index in [9.17, 15) is 4.79 Å². The average molecular weight is 260 g/mol. The summed E-state index contributed by atoms with van der Waals surface area (Å²) < 4.78 is 2.31. The minimum atomic E-state index is -0.206. The number of carbonyl (C=O) groups is 1. The molecule has 0 spiro atoms. The lowest BCUT2D eigenvalue weighted by Crippen LogP contribution is -2.26. The van der Waals surface area contributed by atoms with Crippen molar-refractivity contribution in [3.8, 4) is 0 Å². The van der Waals surface area contributed by atoms with Crippen LogP contribution in [0, 0.1) is 0 Å². The molecule has 1 aliphatic heterocycles. The van der Waals surface area contributed by atoms with Crippen LogP contribution in [-0.2, 0) is 17.1 Å². The second-order valence-electron chi connectivity index (χ2n) is 4.59. The van der Waals surface area contributed by atoms with Gasteiger partial charge in [-0.1, -0.05) is 18.2 Å². The number of nitrogens with two attached hydrogens (primary N) is 1. The first-order valence-corrected chi connectivity index (χ1v) is 7.36. The molecule has 1 atom stereocenters. The number of aryl methyl sites for hydroxylation is 1. The summed E-state index contributed by atoms with van der Waals surface area (Å²) in [6.07, 6.45) is 0. The molecule has 0 fully saturated rings. The molecule has 18 heavy (non-hydrogen) atoms. The highest BCUT2D eigenvalue weighted by Crippen LogP contribution is 2.39. The highest BCUT2D eigenvalue weighted by Gasteiger charge is 2.30. The van der Waals surface area contributed by atoms with Gasteiger partial charge in [0.1, 0.15) is 0 Å². The van der Waals surface area contributed by atoms with Crippen LogP contribution in [0.2, 0.25) is 0 Å². The smallest absolute Gasteiger partial charge is 0.225 e. The SMILES string of the molecule is CCn1c2c(c3ccccc31)C(C(N)=O)CSC2. The Kier molecular flexibility index (Phi) is 2.82. The third kappa shape index (κ3) is 1.56. The Hall–Kier alpha value is -1.42. The molecule has 0 bridgehead atoms. The van der Waals surface area contributed by atoms with Crippen molar-refractivity contribution in [2.75, 3.05) is 5.75 Å². The number of hydrogen-bond donors (Lipinski definition) is 1. The molecular weight excluding hydrogens is 244 g/mol. The number of fused-ring (bicyclic) bond motifs is 3. The van der Waals surface area contributed by atoms with Crippen LogP contribution in [0.3, 0.4) is 0 Å². The molecule has 1 aromatic carbocycles. The molecule has 0 aliphatic carbocycles. The third-order valence-electron chi connectivity index (χ3n) is 3.65. The first kappa shape index (κ1) is 11.7. The van der Waals surface area contributed by atoms with E-state index in [2.05, 4.69) is 23.6 Å². The lowest BCUT2D eigenvalue weighted by Gasteiger charge is -2.21. The standard InChI is InChI=1S/C14H16N2OS/c1-2-16-11-6-4-3-5-9(11)13-10(14(15)17)7-18-8-12(13)16/h3-6,10H,2,7-8H2,1H3,(H2,15,17). The van der Waals surface area contributed by atoms with E-state index in [-0.39, 0.29) is 11.8 Å². The molecule has 1 aliphatic rings. The summed E-state index contributed by atoms with van der Waals surface area (Å²) in [5.41, 5.74) is 9.23. The van der Waals surface area contributed by atoms with Crippen molar-refractivity contribution in [1.82, 2.24) is 4.57 Å². The number of primary amides is 1. The van der Waals surface area contributed by atoms with Crippen LogP contribution in [0.5, 0.6) is 0 Å². The predicted molar refractivity (Wildman–Crippen MR) is 75.7 cm³/mol. The zero-order valence-electron chi connectivity index (χ0n) is 10.3. The zero-order chi connectivity index (χ0) is 12.7. The number of carbonyl (C=O) groups excluding carboxylic acids is 1. The number of hydrogen-bond acceptors (Lipinski definition) is 2. The third-order valence-corrected chi connectivity index (χ3v) is 4.70. The topological polar surface area (TPSA) is 48.0 Å². The van der Waals surface area contributed by atoms with Gasteiger partial charge in [-0.15, -0.1) is 0 Å². The van der Waals surface area contributed by atoms with Gasteiger partial charge in [0.25, 0.3) is 0 Å². The average Bonchev–Trinajstić information content (AvgIpc) is 2.72. The van der Waals surface area contributed by atoms with E-state index in [4.69, 9.17) is 5.73 Å². The summed E-state index contributed by atoms with van der Waals surface area (Å²) in [7, 11) is 0. The molecule has 4 heteroatoms. The van der Waals surface area contributed by atoms with Gasteiger partial charge in [0, 0.05) is 34.6 Å². The van der Waals surface area contributed by atoms with E-state index in [1.807, 2.05) is 12.1 Å². The number of nitrogens with zero attached hydrogens (tertiary/aromatic N) is 1. The fourth-order valence-corrected chi connectivity index (χ4v) is 4.06. The first-order chi connectivity index (χ1) is 8.74. The number of amides is 1. The van der Waals surface area contributed by atoms with Crippen molar-refractivity contribution in [3.05, 3.63) is 35.5 Å². The molecule has 0 saturated heterocycles. The molecule has 1 unspecified atom stereocenters. The van der Waals surface area contributed by atoms with E-state index in [0.717, 1.165) is 18.1 Å². The molecule has 3 rings (SSSR count). The highest BCUT2D eigenvalue weighted by atomic mass is 32.2. The Morgan fingerprint density at radius 3 is 3.00 bits per heavy atom. The molecule has 1 amide bonds. The van der Waals surface area contributed by atoms with Crippen LogP contribution in [0.1, 0.15) is 24.1 Å². The minimum absolute atomic E-state index is 0.142. The zero-order valence-corrected chi connectivity index (χ0v) is 11.2. The van der Waals surface area contributed by atoms with Gasteiger partial charge in [-0.05, 0) is 18.6 Å². The number of aromatic nitrogens is 1. The molecule has 94 valence electrons. The van der Waals surface area contributed by atoms with E-state index in [1.165, 1.54) is 22.2 Å². The van der Waals surface area contributed by atoms with Gasteiger partial charge in [-0.3, -0.25) is 4.79 Å². The van der Waals surface area contributed by atoms with Crippen LogP contribution in [0.25, 0.3) is 10.9 Å². The summed E-state index contributed by atoms with van der Waals surface area (Å²) in [6, 6.07) is 8.31. The summed E-state index contributed by atoms with van der Waals surface area (Å²) in [6.45, 7) is 3.08. The monoisotopic (exact) mass is 260 g/mol. The molecular formula is C14H16N2OS. The van der Waals surface area contributed by atoms with Crippen LogP contribution in [0.15, 0.2) is 24.3 Å². The minimum Gasteiger partial charge on any atom is -0.369 e. The molecule has 2 N–H and O–H groups in total. The fourth-order valence-electron chi connectivity index (χ4n) is 2.87. The van der Waals surface area contributed by atoms with Gasteiger partial charge in [0.05, 0.1) is 5.92 Å².